The van der Waals surface area contributed by atoms with Crippen molar-refractivity contribution in [3.63, 3.8) is 0 Å². The van der Waals surface area contributed by atoms with Gasteiger partial charge in [-0.2, -0.15) is 0 Å². The van der Waals surface area contributed by atoms with Crippen LogP contribution in [0.15, 0.2) is 238 Å². The Bertz CT molecular complexity index is 3170. The number of aromatic nitrogens is 1. The van der Waals surface area contributed by atoms with Crippen LogP contribution in [0, 0.1) is 0 Å². The molecular weight excluding hydrogens is 751 g/mol. The molecule has 0 N–H and O–H groups in total. The Morgan fingerprint density at radius 3 is 1.42 bits per heavy atom. The highest BCUT2D eigenvalue weighted by Crippen LogP contribution is 2.43. The fraction of sp³-hybridized carbons (Fsp3) is 0.0169. The number of hydrogen-bond donors (Lipinski definition) is 0. The summed E-state index contributed by atoms with van der Waals surface area (Å²) in [4.78, 5) is 4.62. The molecule has 0 radical (unpaired) electrons. The van der Waals surface area contributed by atoms with Crippen molar-refractivity contribution in [3.8, 4) is 16.8 Å². The highest BCUT2D eigenvalue weighted by molar-refractivity contribution is 6.10. The maximum absolute atomic E-state index is 3.90. The summed E-state index contributed by atoms with van der Waals surface area (Å²) in [6, 6.07) is 79.7. The number of hydrogen-bond acceptors (Lipinski definition) is 2. The van der Waals surface area contributed by atoms with E-state index in [1.807, 2.05) is 12.2 Å². The Balaban J connectivity index is 0.000000151. The lowest BCUT2D eigenvalue weighted by molar-refractivity contribution is 1.18. The van der Waals surface area contributed by atoms with Gasteiger partial charge in [-0.05, 0) is 131 Å². The minimum atomic E-state index is 0.997. The molecule has 0 saturated carbocycles. The number of rotatable bonds is 9. The van der Waals surface area contributed by atoms with E-state index >= 15 is 0 Å². The number of anilines is 6. The van der Waals surface area contributed by atoms with E-state index < -0.39 is 0 Å². The molecule has 11 rings (SSSR count). The zero-order valence-corrected chi connectivity index (χ0v) is 34.5. The van der Waals surface area contributed by atoms with Gasteiger partial charge in [0.05, 0.1) is 11.0 Å². The van der Waals surface area contributed by atoms with Crippen molar-refractivity contribution < 1.29 is 0 Å². The Kier molecular flexibility index (Phi) is 10.3. The molecule has 0 atom stereocenters. The van der Waals surface area contributed by atoms with Gasteiger partial charge in [0, 0.05) is 50.6 Å². The van der Waals surface area contributed by atoms with Gasteiger partial charge < -0.3 is 14.4 Å². The summed E-state index contributed by atoms with van der Waals surface area (Å²) in [5.41, 5.74) is 18.2. The number of nitrogens with zero attached hydrogens (tertiary/aromatic N) is 3. The third-order valence-corrected chi connectivity index (χ3v) is 11.8. The molecule has 3 nitrogen and oxygen atoms in total. The van der Waals surface area contributed by atoms with E-state index in [2.05, 4.69) is 252 Å². The second-order valence-electron chi connectivity index (χ2n) is 15.5. The van der Waals surface area contributed by atoms with Gasteiger partial charge in [0.1, 0.15) is 0 Å². The molecule has 0 spiro atoms. The molecule has 296 valence electrons. The van der Waals surface area contributed by atoms with Gasteiger partial charge in [-0.25, -0.2) is 0 Å². The van der Waals surface area contributed by atoms with Crippen LogP contribution in [-0.4, -0.2) is 4.57 Å². The van der Waals surface area contributed by atoms with Crippen molar-refractivity contribution in [2.45, 2.75) is 6.42 Å². The van der Waals surface area contributed by atoms with E-state index in [1.54, 1.807) is 0 Å². The smallest absolute Gasteiger partial charge is 0.0561 e. The molecule has 10 aromatic rings. The molecule has 1 heterocycles. The second kappa shape index (κ2) is 16.8. The summed E-state index contributed by atoms with van der Waals surface area (Å²) >= 11 is 0. The molecule has 62 heavy (non-hydrogen) atoms. The van der Waals surface area contributed by atoms with E-state index in [-0.39, 0.29) is 0 Å². The summed E-state index contributed by atoms with van der Waals surface area (Å²) in [7, 11) is 0. The minimum Gasteiger partial charge on any atom is -0.310 e. The Morgan fingerprint density at radius 2 is 0.806 bits per heavy atom. The van der Waals surface area contributed by atoms with Crippen molar-refractivity contribution in [2.75, 3.05) is 9.80 Å². The van der Waals surface area contributed by atoms with Gasteiger partial charge in [0.15, 0.2) is 0 Å². The summed E-state index contributed by atoms with van der Waals surface area (Å²) < 4.78 is 2.36. The summed E-state index contributed by atoms with van der Waals surface area (Å²) in [6.45, 7) is 7.77. The zero-order chi connectivity index (χ0) is 41.8. The highest BCUT2D eigenvalue weighted by Gasteiger charge is 2.21. The molecule has 1 aromatic heterocycles. The molecule has 0 bridgehead atoms. The molecule has 0 fully saturated rings. The molecule has 1 aliphatic carbocycles. The Hall–Kier alpha value is -8.14. The van der Waals surface area contributed by atoms with Gasteiger partial charge in [-0.1, -0.05) is 159 Å². The van der Waals surface area contributed by atoms with Crippen molar-refractivity contribution in [2.24, 2.45) is 0 Å². The van der Waals surface area contributed by atoms with Gasteiger partial charge in [-0.3, -0.25) is 0 Å². The first-order valence-electron chi connectivity index (χ1n) is 21.1. The summed E-state index contributed by atoms with van der Waals surface area (Å²) in [6.07, 6.45) is 4.75. The van der Waals surface area contributed by atoms with Gasteiger partial charge in [-0.15, -0.1) is 0 Å². The van der Waals surface area contributed by atoms with Crippen molar-refractivity contribution in [1.82, 2.24) is 4.57 Å². The third kappa shape index (κ3) is 7.27. The lowest BCUT2D eigenvalue weighted by Gasteiger charge is -2.26. The predicted octanol–water partition coefficient (Wildman–Crippen LogP) is 16.3. The number of fused-ring (bicyclic) bond motifs is 6. The maximum atomic E-state index is 3.90. The van der Waals surface area contributed by atoms with Gasteiger partial charge in [0.25, 0.3) is 0 Å². The summed E-state index contributed by atoms with van der Waals surface area (Å²) in [5.74, 6) is 0. The first-order valence-corrected chi connectivity index (χ1v) is 21.1. The van der Waals surface area contributed by atoms with Gasteiger partial charge >= 0.3 is 0 Å². The van der Waals surface area contributed by atoms with Crippen LogP contribution >= 0.6 is 0 Å². The number of benzene rings is 9. The van der Waals surface area contributed by atoms with Crippen LogP contribution in [0.2, 0.25) is 0 Å². The number of para-hydroxylation sites is 4. The van der Waals surface area contributed by atoms with Crippen LogP contribution in [0.5, 0.6) is 0 Å². The zero-order valence-electron chi connectivity index (χ0n) is 34.5. The Labute approximate surface area is 364 Å². The first-order chi connectivity index (χ1) is 30.7. The molecular formula is C59H45N3. The van der Waals surface area contributed by atoms with E-state index in [1.165, 1.54) is 49.7 Å². The molecule has 0 unspecified atom stereocenters. The second-order valence-corrected chi connectivity index (χ2v) is 15.5. The minimum absolute atomic E-state index is 0.997. The lowest BCUT2D eigenvalue weighted by Crippen LogP contribution is -2.10. The quantitative estimate of drug-likeness (QED) is 0.144. The fourth-order valence-corrected chi connectivity index (χ4v) is 8.79. The highest BCUT2D eigenvalue weighted by atomic mass is 15.1. The maximum Gasteiger partial charge on any atom is 0.0561 e. The van der Waals surface area contributed by atoms with Crippen LogP contribution in [0.4, 0.5) is 34.1 Å². The molecule has 9 aromatic carbocycles. The normalized spacial score (nSPS) is 11.3. The standard InChI is InChI=1S/C32H24N2.C27H21N/c1-2-24-17-19-27(20-18-24)33(25-11-5-3-6-12-25)28-21-22-30-29-15-9-10-16-31(29)34(32(30)23-28)26-13-7-4-8-14-26;1-2-20-12-14-24(15-13-20)28(23-9-4-3-5-10-23)25-16-17-27-22(19-25)18-21-8-6-7-11-26(21)27/h2-23H,1H2;2-17,19H,1,18H2. The Morgan fingerprint density at radius 1 is 0.355 bits per heavy atom. The van der Waals surface area contributed by atoms with E-state index in [4.69, 9.17) is 0 Å². The molecule has 3 heteroatoms. The SMILES string of the molecule is C=Cc1ccc(N(c2ccccc2)c2ccc3c(c2)Cc2ccccc2-3)cc1.C=Cc1ccc(N(c2ccccc2)c2ccc3c4ccccc4n(-c4ccccc4)c3c2)cc1. The molecule has 0 amide bonds. The largest absolute Gasteiger partial charge is 0.310 e. The van der Waals surface area contributed by atoms with Crippen LogP contribution < -0.4 is 9.80 Å². The van der Waals surface area contributed by atoms with Gasteiger partial charge in [0.2, 0.25) is 0 Å². The third-order valence-electron chi connectivity index (χ3n) is 11.8. The van der Waals surface area contributed by atoms with Crippen molar-refractivity contribution in [1.29, 1.82) is 0 Å². The van der Waals surface area contributed by atoms with Crippen LogP contribution in [0.1, 0.15) is 22.3 Å². The first kappa shape index (κ1) is 38.1. The van der Waals surface area contributed by atoms with Crippen LogP contribution in [0.25, 0.3) is 50.8 Å². The fourth-order valence-electron chi connectivity index (χ4n) is 8.79. The average Bonchev–Trinajstić information content (AvgIpc) is 3.88. The topological polar surface area (TPSA) is 11.4 Å². The van der Waals surface area contributed by atoms with Crippen LogP contribution in [-0.2, 0) is 6.42 Å². The van der Waals surface area contributed by atoms with E-state index in [0.29, 0.717) is 0 Å². The van der Waals surface area contributed by atoms with E-state index in [9.17, 15) is 0 Å². The monoisotopic (exact) mass is 795 g/mol. The summed E-state index contributed by atoms with van der Waals surface area (Å²) in [5, 5.41) is 2.51. The van der Waals surface area contributed by atoms with E-state index in [0.717, 1.165) is 51.7 Å². The molecule has 1 aliphatic rings. The lowest BCUT2D eigenvalue weighted by atomic mass is 10.0. The van der Waals surface area contributed by atoms with Crippen molar-refractivity contribution in [3.05, 3.63) is 260 Å². The van der Waals surface area contributed by atoms with Crippen LogP contribution in [0.3, 0.4) is 0 Å². The molecule has 0 aliphatic heterocycles. The average molecular weight is 796 g/mol. The predicted molar refractivity (Wildman–Crippen MR) is 265 cm³/mol. The molecule has 0 saturated heterocycles. The van der Waals surface area contributed by atoms with Crippen molar-refractivity contribution >= 4 is 68.1 Å².